The van der Waals surface area contributed by atoms with Crippen LogP contribution in [-0.4, -0.2) is 35.6 Å². The van der Waals surface area contributed by atoms with Gasteiger partial charge in [-0.15, -0.1) is 11.3 Å². The molecular weight excluding hydrogens is 370 g/mol. The van der Waals surface area contributed by atoms with E-state index >= 15 is 0 Å². The van der Waals surface area contributed by atoms with Gasteiger partial charge in [0.1, 0.15) is 12.4 Å². The molecule has 0 spiro atoms. The van der Waals surface area contributed by atoms with Crippen LogP contribution in [0.1, 0.15) is 23.1 Å². The SMILES string of the molecule is CCO[C@H](CO)Cc1ccc(OCCn2c(C)ccc2-c2ccc(C)s2)cc1. The van der Waals surface area contributed by atoms with Crippen molar-refractivity contribution in [3.05, 3.63) is 64.7 Å². The Bertz CT molecular complexity index is 866. The molecular formula is C23H29NO3S. The van der Waals surface area contributed by atoms with Crippen LogP contribution in [0.25, 0.3) is 10.6 Å². The summed E-state index contributed by atoms with van der Waals surface area (Å²) in [5.41, 5.74) is 3.63. The van der Waals surface area contributed by atoms with Crippen molar-refractivity contribution in [1.82, 2.24) is 4.57 Å². The van der Waals surface area contributed by atoms with Gasteiger partial charge in [-0.3, -0.25) is 0 Å². The molecule has 0 unspecified atom stereocenters. The Morgan fingerprint density at radius 1 is 1.04 bits per heavy atom. The molecule has 1 aromatic carbocycles. The van der Waals surface area contributed by atoms with Crippen LogP contribution >= 0.6 is 11.3 Å². The quantitative estimate of drug-likeness (QED) is 0.530. The average molecular weight is 400 g/mol. The lowest BCUT2D eigenvalue weighted by Crippen LogP contribution is -2.20. The van der Waals surface area contributed by atoms with Crippen molar-refractivity contribution in [2.75, 3.05) is 19.8 Å². The molecule has 4 nitrogen and oxygen atoms in total. The molecule has 2 heterocycles. The van der Waals surface area contributed by atoms with Crippen molar-refractivity contribution in [1.29, 1.82) is 0 Å². The van der Waals surface area contributed by atoms with E-state index < -0.39 is 0 Å². The van der Waals surface area contributed by atoms with Gasteiger partial charge in [0.25, 0.3) is 0 Å². The molecule has 3 aromatic rings. The van der Waals surface area contributed by atoms with E-state index in [1.54, 1.807) is 0 Å². The molecule has 3 rings (SSSR count). The lowest BCUT2D eigenvalue weighted by Gasteiger charge is -2.15. The number of hydrogen-bond acceptors (Lipinski definition) is 4. The van der Waals surface area contributed by atoms with Gasteiger partial charge in [0, 0.05) is 23.6 Å². The highest BCUT2D eigenvalue weighted by atomic mass is 32.1. The second-order valence-electron chi connectivity index (χ2n) is 6.88. The first-order valence-electron chi connectivity index (χ1n) is 9.77. The molecule has 0 saturated heterocycles. The van der Waals surface area contributed by atoms with Crippen molar-refractivity contribution < 1.29 is 14.6 Å². The monoisotopic (exact) mass is 399 g/mol. The minimum Gasteiger partial charge on any atom is -0.492 e. The van der Waals surface area contributed by atoms with Gasteiger partial charge in [0.2, 0.25) is 0 Å². The molecule has 0 radical (unpaired) electrons. The number of rotatable bonds is 10. The van der Waals surface area contributed by atoms with Gasteiger partial charge >= 0.3 is 0 Å². The molecule has 0 fully saturated rings. The molecule has 0 aliphatic heterocycles. The number of thiophene rings is 1. The van der Waals surface area contributed by atoms with Crippen molar-refractivity contribution in [2.24, 2.45) is 0 Å². The standard InChI is InChI=1S/C23H29NO3S/c1-4-26-21(16-25)15-19-7-9-20(10-8-19)27-14-13-24-17(2)5-11-22(24)23-12-6-18(3)28-23/h5-12,21,25H,4,13-16H2,1-3H3/t21-/m0/s1. The smallest absolute Gasteiger partial charge is 0.119 e. The number of aliphatic hydroxyl groups excluding tert-OH is 1. The number of aromatic nitrogens is 1. The second-order valence-corrected chi connectivity index (χ2v) is 8.17. The Balaban J connectivity index is 1.56. The van der Waals surface area contributed by atoms with E-state index in [9.17, 15) is 5.11 Å². The summed E-state index contributed by atoms with van der Waals surface area (Å²) in [5, 5.41) is 9.36. The Morgan fingerprint density at radius 2 is 1.82 bits per heavy atom. The number of aliphatic hydroxyl groups is 1. The van der Waals surface area contributed by atoms with Gasteiger partial charge in [-0.2, -0.15) is 0 Å². The van der Waals surface area contributed by atoms with Gasteiger partial charge < -0.3 is 19.1 Å². The van der Waals surface area contributed by atoms with Gasteiger partial charge in [0.05, 0.1) is 29.8 Å². The predicted octanol–water partition coefficient (Wildman–Crippen LogP) is 4.85. The van der Waals surface area contributed by atoms with Gasteiger partial charge in [-0.05, 0) is 62.7 Å². The summed E-state index contributed by atoms with van der Waals surface area (Å²) in [4.78, 5) is 2.62. The number of hydrogen-bond donors (Lipinski definition) is 1. The Hall–Kier alpha value is -2.08. The molecule has 0 aliphatic rings. The molecule has 1 N–H and O–H groups in total. The van der Waals surface area contributed by atoms with Crippen molar-refractivity contribution in [3.63, 3.8) is 0 Å². The first kappa shape index (κ1) is 20.6. The van der Waals surface area contributed by atoms with Crippen molar-refractivity contribution in [2.45, 2.75) is 39.8 Å². The summed E-state index contributed by atoms with van der Waals surface area (Å²) in [7, 11) is 0. The molecule has 0 aliphatic carbocycles. The zero-order valence-corrected chi connectivity index (χ0v) is 17.7. The molecule has 0 saturated carbocycles. The highest BCUT2D eigenvalue weighted by Crippen LogP contribution is 2.29. The molecule has 2 aromatic heterocycles. The summed E-state index contributed by atoms with van der Waals surface area (Å²) in [5.74, 6) is 0.860. The summed E-state index contributed by atoms with van der Waals surface area (Å²) < 4.78 is 13.8. The molecule has 150 valence electrons. The normalized spacial score (nSPS) is 12.3. The first-order valence-corrected chi connectivity index (χ1v) is 10.6. The van der Waals surface area contributed by atoms with Crippen LogP contribution in [-0.2, 0) is 17.7 Å². The van der Waals surface area contributed by atoms with Crippen molar-refractivity contribution in [3.8, 4) is 16.3 Å². The maximum atomic E-state index is 9.36. The minimum absolute atomic E-state index is 0.0361. The second kappa shape index (κ2) is 9.92. The number of ether oxygens (including phenoxy) is 2. The van der Waals surface area contributed by atoms with Crippen LogP contribution in [0.15, 0.2) is 48.5 Å². The highest BCUT2D eigenvalue weighted by Gasteiger charge is 2.10. The molecule has 28 heavy (non-hydrogen) atoms. The molecule has 1 atom stereocenters. The fourth-order valence-electron chi connectivity index (χ4n) is 3.30. The Kier molecular flexibility index (Phi) is 7.31. The Morgan fingerprint density at radius 3 is 2.46 bits per heavy atom. The fourth-order valence-corrected chi connectivity index (χ4v) is 4.21. The molecule has 0 amide bonds. The summed E-state index contributed by atoms with van der Waals surface area (Å²) in [6, 6.07) is 16.8. The summed E-state index contributed by atoms with van der Waals surface area (Å²) in [6.45, 7) is 8.28. The van der Waals surface area contributed by atoms with E-state index in [1.807, 2.05) is 42.5 Å². The third-order valence-electron chi connectivity index (χ3n) is 4.77. The summed E-state index contributed by atoms with van der Waals surface area (Å²) in [6.07, 6.45) is 0.560. The lowest BCUT2D eigenvalue weighted by atomic mass is 10.1. The minimum atomic E-state index is -0.146. The van der Waals surface area contributed by atoms with E-state index in [-0.39, 0.29) is 12.7 Å². The number of nitrogens with zero attached hydrogens (tertiary/aromatic N) is 1. The Labute approximate surface area is 171 Å². The van der Waals surface area contributed by atoms with Gasteiger partial charge in [-0.25, -0.2) is 0 Å². The van der Waals surface area contributed by atoms with E-state index in [1.165, 1.54) is 21.1 Å². The van der Waals surface area contributed by atoms with Gasteiger partial charge in [-0.1, -0.05) is 12.1 Å². The van der Waals surface area contributed by atoms with E-state index in [0.29, 0.717) is 19.6 Å². The third-order valence-corrected chi connectivity index (χ3v) is 5.79. The largest absolute Gasteiger partial charge is 0.492 e. The van der Waals surface area contributed by atoms with Crippen LogP contribution in [0.5, 0.6) is 5.75 Å². The number of benzene rings is 1. The average Bonchev–Trinajstić information content (AvgIpc) is 3.28. The fraction of sp³-hybridized carbons (Fsp3) is 0.391. The maximum absolute atomic E-state index is 9.36. The molecule has 0 bridgehead atoms. The highest BCUT2D eigenvalue weighted by molar-refractivity contribution is 7.15. The van der Waals surface area contributed by atoms with E-state index in [2.05, 4.69) is 42.7 Å². The predicted molar refractivity (Wildman–Crippen MR) is 115 cm³/mol. The van der Waals surface area contributed by atoms with Crippen LogP contribution < -0.4 is 4.74 Å². The topological polar surface area (TPSA) is 43.6 Å². The zero-order valence-electron chi connectivity index (χ0n) is 16.9. The van der Waals surface area contributed by atoms with Crippen molar-refractivity contribution >= 4 is 11.3 Å². The number of aryl methyl sites for hydroxylation is 2. The van der Waals surface area contributed by atoms with E-state index in [4.69, 9.17) is 9.47 Å². The van der Waals surface area contributed by atoms with Crippen LogP contribution in [0.2, 0.25) is 0 Å². The molecule has 5 heteroatoms. The van der Waals surface area contributed by atoms with Crippen LogP contribution in [0, 0.1) is 13.8 Å². The summed E-state index contributed by atoms with van der Waals surface area (Å²) >= 11 is 1.82. The maximum Gasteiger partial charge on any atom is 0.119 e. The first-order chi connectivity index (χ1) is 13.6. The third kappa shape index (κ3) is 5.25. The van der Waals surface area contributed by atoms with Crippen LogP contribution in [0.4, 0.5) is 0 Å². The van der Waals surface area contributed by atoms with Crippen LogP contribution in [0.3, 0.4) is 0 Å². The van der Waals surface area contributed by atoms with Gasteiger partial charge in [0.15, 0.2) is 0 Å². The lowest BCUT2D eigenvalue weighted by molar-refractivity contribution is 0.0207. The van der Waals surface area contributed by atoms with E-state index in [0.717, 1.165) is 17.9 Å². The zero-order chi connectivity index (χ0) is 19.9.